The standard InChI is InChI=1S/C17H17BrClN3O5/c1-26-16-6-4-12(22(24)25)10-14(16)21-17(23)20-7-2-8-27-15-5-3-11(18)9-13(15)19/h3-6,9-10H,2,7-8H2,1H3,(H2,20,21,23). The van der Waals surface area contributed by atoms with E-state index in [0.29, 0.717) is 36.1 Å². The Morgan fingerprint density at radius 1 is 1.26 bits per heavy atom. The van der Waals surface area contributed by atoms with Gasteiger partial charge in [-0.2, -0.15) is 0 Å². The quantitative estimate of drug-likeness (QED) is 0.342. The Hall–Kier alpha value is -2.52. The van der Waals surface area contributed by atoms with Gasteiger partial charge in [0.05, 0.1) is 29.4 Å². The minimum atomic E-state index is -0.548. The number of nitrogens with zero attached hydrogens (tertiary/aromatic N) is 1. The highest BCUT2D eigenvalue weighted by Crippen LogP contribution is 2.29. The van der Waals surface area contributed by atoms with Gasteiger partial charge in [0, 0.05) is 23.2 Å². The SMILES string of the molecule is COc1ccc([N+](=O)[O-])cc1NC(=O)NCCCOc1ccc(Br)cc1Cl. The topological polar surface area (TPSA) is 103 Å². The average molecular weight is 459 g/mol. The van der Waals surface area contributed by atoms with E-state index < -0.39 is 11.0 Å². The van der Waals surface area contributed by atoms with Crippen molar-refractivity contribution in [2.24, 2.45) is 0 Å². The number of hydrogen-bond donors (Lipinski definition) is 2. The van der Waals surface area contributed by atoms with Gasteiger partial charge in [0.1, 0.15) is 11.5 Å². The highest BCUT2D eigenvalue weighted by atomic mass is 79.9. The first-order chi connectivity index (χ1) is 12.9. The summed E-state index contributed by atoms with van der Waals surface area (Å²) in [6, 6.07) is 8.75. The van der Waals surface area contributed by atoms with Crippen molar-refractivity contribution in [3.8, 4) is 11.5 Å². The van der Waals surface area contributed by atoms with Crippen molar-refractivity contribution in [3.05, 3.63) is 56.0 Å². The fourth-order valence-corrected chi connectivity index (χ4v) is 2.85. The summed E-state index contributed by atoms with van der Waals surface area (Å²) >= 11 is 9.37. The van der Waals surface area contributed by atoms with Crippen LogP contribution in [0, 0.1) is 10.1 Å². The lowest BCUT2D eigenvalue weighted by Gasteiger charge is -2.11. The summed E-state index contributed by atoms with van der Waals surface area (Å²) in [6.07, 6.45) is 0.548. The summed E-state index contributed by atoms with van der Waals surface area (Å²) in [7, 11) is 1.41. The van der Waals surface area contributed by atoms with Crippen molar-refractivity contribution in [1.29, 1.82) is 0 Å². The van der Waals surface area contributed by atoms with E-state index in [1.54, 1.807) is 12.1 Å². The molecule has 144 valence electrons. The summed E-state index contributed by atoms with van der Waals surface area (Å²) < 4.78 is 11.5. The van der Waals surface area contributed by atoms with Crippen LogP contribution in [-0.4, -0.2) is 31.2 Å². The molecule has 2 aromatic carbocycles. The first kappa shape index (κ1) is 20.8. The van der Waals surface area contributed by atoms with Crippen LogP contribution < -0.4 is 20.1 Å². The fourth-order valence-electron chi connectivity index (χ4n) is 2.12. The summed E-state index contributed by atoms with van der Waals surface area (Å²) in [5.41, 5.74) is 0.0629. The van der Waals surface area contributed by atoms with Crippen molar-refractivity contribution >= 4 is 44.9 Å². The van der Waals surface area contributed by atoms with Crippen LogP contribution in [0.5, 0.6) is 11.5 Å². The van der Waals surface area contributed by atoms with Crippen molar-refractivity contribution in [2.45, 2.75) is 6.42 Å². The monoisotopic (exact) mass is 457 g/mol. The number of hydrogen-bond acceptors (Lipinski definition) is 5. The van der Waals surface area contributed by atoms with Crippen LogP contribution in [0.15, 0.2) is 40.9 Å². The van der Waals surface area contributed by atoms with Gasteiger partial charge in [0.15, 0.2) is 0 Å². The Labute approximate surface area is 169 Å². The smallest absolute Gasteiger partial charge is 0.319 e. The maximum Gasteiger partial charge on any atom is 0.319 e. The number of halogens is 2. The third-order valence-corrected chi connectivity index (χ3v) is 4.19. The van der Waals surface area contributed by atoms with Crippen molar-refractivity contribution in [2.75, 3.05) is 25.6 Å². The van der Waals surface area contributed by atoms with Crippen molar-refractivity contribution in [3.63, 3.8) is 0 Å². The highest BCUT2D eigenvalue weighted by molar-refractivity contribution is 9.10. The molecule has 0 saturated heterocycles. The third-order valence-electron chi connectivity index (χ3n) is 3.40. The molecule has 0 bridgehead atoms. The number of amides is 2. The van der Waals surface area contributed by atoms with Gasteiger partial charge < -0.3 is 20.1 Å². The molecule has 2 N–H and O–H groups in total. The molecule has 0 aromatic heterocycles. The lowest BCUT2D eigenvalue weighted by Crippen LogP contribution is -2.30. The second kappa shape index (κ2) is 9.98. The maximum absolute atomic E-state index is 12.0. The third kappa shape index (κ3) is 6.30. The molecule has 0 unspecified atom stereocenters. The molecule has 0 heterocycles. The number of anilines is 1. The maximum atomic E-state index is 12.0. The Morgan fingerprint density at radius 2 is 2.00 bits per heavy atom. The zero-order valence-electron chi connectivity index (χ0n) is 14.3. The number of urea groups is 1. The molecule has 8 nitrogen and oxygen atoms in total. The number of carbonyl (C=O) groups is 1. The Balaban J connectivity index is 1.79. The number of nitrogens with one attached hydrogen (secondary N) is 2. The van der Waals surface area contributed by atoms with Crippen LogP contribution in [0.3, 0.4) is 0 Å². The van der Waals surface area contributed by atoms with Gasteiger partial charge in [-0.15, -0.1) is 0 Å². The molecular weight excluding hydrogens is 442 g/mol. The number of rotatable bonds is 8. The molecule has 0 aliphatic heterocycles. The molecule has 0 saturated carbocycles. The number of carbonyl (C=O) groups excluding carboxylic acids is 1. The number of methoxy groups -OCH3 is 1. The van der Waals surface area contributed by atoms with Gasteiger partial charge in [-0.05, 0) is 30.7 Å². The lowest BCUT2D eigenvalue weighted by molar-refractivity contribution is -0.384. The molecule has 10 heteroatoms. The van der Waals surface area contributed by atoms with E-state index in [-0.39, 0.29) is 11.4 Å². The normalized spacial score (nSPS) is 10.2. The number of nitro benzene ring substituents is 1. The van der Waals surface area contributed by atoms with E-state index in [9.17, 15) is 14.9 Å². The molecule has 0 aliphatic rings. The van der Waals surface area contributed by atoms with Gasteiger partial charge in [0.25, 0.3) is 5.69 Å². The van der Waals surface area contributed by atoms with Crippen molar-refractivity contribution in [1.82, 2.24) is 5.32 Å². The van der Waals surface area contributed by atoms with E-state index in [1.165, 1.54) is 25.3 Å². The predicted octanol–water partition coefficient (Wildman–Crippen LogP) is 4.61. The molecule has 0 atom stereocenters. The molecule has 0 fully saturated rings. The first-order valence-electron chi connectivity index (χ1n) is 7.86. The van der Waals surface area contributed by atoms with E-state index >= 15 is 0 Å². The minimum absolute atomic E-state index is 0.147. The van der Waals surface area contributed by atoms with Gasteiger partial charge in [-0.3, -0.25) is 10.1 Å². The first-order valence-corrected chi connectivity index (χ1v) is 9.03. The second-order valence-electron chi connectivity index (χ2n) is 5.30. The van der Waals surface area contributed by atoms with Gasteiger partial charge in [-0.1, -0.05) is 27.5 Å². The molecule has 0 spiro atoms. The number of nitro groups is 1. The molecule has 27 heavy (non-hydrogen) atoms. The van der Waals surface area contributed by atoms with Gasteiger partial charge in [-0.25, -0.2) is 4.79 Å². The number of benzene rings is 2. The van der Waals surface area contributed by atoms with Crippen molar-refractivity contribution < 1.29 is 19.2 Å². The number of non-ortho nitro benzene ring substituents is 1. The lowest BCUT2D eigenvalue weighted by atomic mass is 10.2. The molecular formula is C17H17BrClN3O5. The van der Waals surface area contributed by atoms with Gasteiger partial charge in [0.2, 0.25) is 0 Å². The Morgan fingerprint density at radius 3 is 2.67 bits per heavy atom. The Bertz CT molecular complexity index is 834. The Kier molecular flexibility index (Phi) is 7.68. The summed E-state index contributed by atoms with van der Waals surface area (Å²) in [6.45, 7) is 0.707. The molecule has 0 aliphatic carbocycles. The molecule has 0 radical (unpaired) electrons. The predicted molar refractivity (Wildman–Crippen MR) is 106 cm³/mol. The highest BCUT2D eigenvalue weighted by Gasteiger charge is 2.13. The van der Waals surface area contributed by atoms with Crippen LogP contribution in [-0.2, 0) is 0 Å². The van der Waals surface area contributed by atoms with Crippen LogP contribution in [0.4, 0.5) is 16.2 Å². The van der Waals surface area contributed by atoms with Crippen LogP contribution >= 0.6 is 27.5 Å². The summed E-state index contributed by atoms with van der Waals surface area (Å²) in [4.78, 5) is 22.3. The van der Waals surface area contributed by atoms with E-state index in [2.05, 4.69) is 26.6 Å². The molecule has 2 amide bonds. The molecule has 2 rings (SSSR count). The summed E-state index contributed by atoms with van der Waals surface area (Å²) in [5, 5.41) is 16.5. The largest absolute Gasteiger partial charge is 0.495 e. The molecule has 2 aromatic rings. The summed E-state index contributed by atoms with van der Waals surface area (Å²) in [5.74, 6) is 0.884. The van der Waals surface area contributed by atoms with E-state index in [0.717, 1.165) is 4.47 Å². The zero-order chi connectivity index (χ0) is 19.8. The van der Waals surface area contributed by atoms with E-state index in [4.69, 9.17) is 21.1 Å². The van der Waals surface area contributed by atoms with Gasteiger partial charge >= 0.3 is 6.03 Å². The zero-order valence-corrected chi connectivity index (χ0v) is 16.7. The second-order valence-corrected chi connectivity index (χ2v) is 6.62. The van der Waals surface area contributed by atoms with Crippen LogP contribution in [0.2, 0.25) is 5.02 Å². The minimum Gasteiger partial charge on any atom is -0.495 e. The van der Waals surface area contributed by atoms with Crippen LogP contribution in [0.1, 0.15) is 6.42 Å². The average Bonchev–Trinajstić information content (AvgIpc) is 2.62. The fraction of sp³-hybridized carbons (Fsp3) is 0.235. The number of ether oxygens (including phenoxy) is 2. The van der Waals surface area contributed by atoms with Crippen LogP contribution in [0.25, 0.3) is 0 Å². The van der Waals surface area contributed by atoms with E-state index in [1.807, 2.05) is 6.07 Å².